The highest BCUT2D eigenvalue weighted by Gasteiger charge is 2.32. The topological polar surface area (TPSA) is 122 Å². The van der Waals surface area contributed by atoms with Crippen molar-refractivity contribution in [2.75, 3.05) is 5.32 Å². The number of hydrogen-bond donors (Lipinski definition) is 4. The lowest BCUT2D eigenvalue weighted by Gasteiger charge is -2.18. The van der Waals surface area contributed by atoms with Crippen LogP contribution in [0.15, 0.2) is 30.6 Å². The lowest BCUT2D eigenvalue weighted by molar-refractivity contribution is -0.138. The molecule has 8 nitrogen and oxygen atoms in total. The number of anilines is 2. The molecule has 1 heterocycles. The van der Waals surface area contributed by atoms with Gasteiger partial charge in [0.15, 0.2) is 0 Å². The van der Waals surface area contributed by atoms with E-state index in [0.717, 1.165) is 11.6 Å². The molecule has 2 aromatic rings. The molecule has 1 aromatic heterocycles. The van der Waals surface area contributed by atoms with Crippen molar-refractivity contribution in [1.29, 1.82) is 0 Å². The van der Waals surface area contributed by atoms with E-state index in [4.69, 9.17) is 10.5 Å². The number of halogens is 4. The minimum Gasteiger partial charge on any atom is -0.446 e. The number of rotatable bonds is 7. The van der Waals surface area contributed by atoms with Crippen molar-refractivity contribution < 1.29 is 32.2 Å². The maximum absolute atomic E-state index is 14.1. The van der Waals surface area contributed by atoms with Crippen molar-refractivity contribution in [3.8, 4) is 0 Å². The number of nitrogens with two attached hydrogens (primary N) is 1. The van der Waals surface area contributed by atoms with Gasteiger partial charge in [-0.15, -0.1) is 0 Å². The molecule has 0 radical (unpaired) electrons. The van der Waals surface area contributed by atoms with Crippen molar-refractivity contribution >= 4 is 17.7 Å². The molecule has 0 bridgehead atoms. The van der Waals surface area contributed by atoms with Crippen LogP contribution >= 0.6 is 0 Å². The van der Waals surface area contributed by atoms with Gasteiger partial charge in [-0.1, -0.05) is 6.07 Å². The van der Waals surface area contributed by atoms with Gasteiger partial charge in [-0.25, -0.2) is 19.2 Å². The van der Waals surface area contributed by atoms with E-state index >= 15 is 0 Å². The van der Waals surface area contributed by atoms with Crippen LogP contribution in [0.3, 0.4) is 0 Å². The summed E-state index contributed by atoms with van der Waals surface area (Å²) in [6.07, 6.45) is -3.13. The number of benzene rings is 1. The Bertz CT molecular complexity index is 956. The highest BCUT2D eigenvalue weighted by molar-refractivity contribution is 5.67. The summed E-state index contributed by atoms with van der Waals surface area (Å²) in [6.45, 7) is 1.26. The Labute approximate surface area is 187 Å². The van der Waals surface area contributed by atoms with Gasteiger partial charge in [0.1, 0.15) is 18.1 Å². The number of aromatic nitrogens is 2. The normalized spacial score (nSPS) is 20.2. The zero-order valence-corrected chi connectivity index (χ0v) is 17.8. The average Bonchev–Trinajstić information content (AvgIpc) is 3.16. The fourth-order valence-corrected chi connectivity index (χ4v) is 3.69. The average molecular weight is 471 g/mol. The van der Waals surface area contributed by atoms with Crippen molar-refractivity contribution in [2.45, 2.75) is 63.1 Å². The van der Waals surface area contributed by atoms with Gasteiger partial charge in [0.2, 0.25) is 5.95 Å². The van der Waals surface area contributed by atoms with Gasteiger partial charge in [0.25, 0.3) is 0 Å². The van der Waals surface area contributed by atoms with E-state index in [1.54, 1.807) is 12.4 Å². The Balaban J connectivity index is 1.51. The number of aliphatic hydroxyl groups is 1. The van der Waals surface area contributed by atoms with E-state index in [1.165, 1.54) is 19.1 Å². The number of carbonyl (C=O) groups excluding carboxylic acids is 1. The molecule has 0 saturated heterocycles. The van der Waals surface area contributed by atoms with Gasteiger partial charge in [0.05, 0.1) is 12.1 Å². The number of alkyl carbamates (subject to hydrolysis) is 1. The van der Waals surface area contributed by atoms with Crippen LogP contribution in [-0.2, 0) is 4.74 Å². The maximum Gasteiger partial charge on any atom is 0.407 e. The van der Waals surface area contributed by atoms with Crippen LogP contribution in [0.4, 0.5) is 34.0 Å². The molecule has 180 valence electrons. The molecule has 1 fully saturated rings. The monoisotopic (exact) mass is 471 g/mol. The third kappa shape index (κ3) is 7.26. The van der Waals surface area contributed by atoms with Crippen LogP contribution in [-0.4, -0.2) is 39.5 Å². The van der Waals surface area contributed by atoms with E-state index in [-0.39, 0.29) is 23.1 Å². The number of aliphatic hydroxyl groups excluding tert-OH is 1. The Morgan fingerprint density at radius 1 is 1.30 bits per heavy atom. The smallest absolute Gasteiger partial charge is 0.407 e. The zero-order chi connectivity index (χ0) is 24.2. The van der Waals surface area contributed by atoms with Crippen molar-refractivity contribution in [3.63, 3.8) is 0 Å². The minimum atomic E-state index is -4.37. The molecule has 4 atom stereocenters. The third-order valence-electron chi connectivity index (χ3n) is 5.28. The number of alkyl halides is 3. The highest BCUT2D eigenvalue weighted by Crippen LogP contribution is 2.36. The number of ether oxygens (including phenoxy) is 1. The van der Waals surface area contributed by atoms with Crippen LogP contribution in [0.25, 0.3) is 0 Å². The summed E-state index contributed by atoms with van der Waals surface area (Å²) >= 11 is 0. The second kappa shape index (κ2) is 10.3. The van der Waals surface area contributed by atoms with Crippen molar-refractivity contribution in [1.82, 2.24) is 15.3 Å². The number of amides is 1. The molecular formula is C21H25F4N5O3. The SMILES string of the molecule is C[C@@H](CC(F)(F)F)NC(=O)O[C@@H]1CC[C@H](c2cnc(Nc3ccc(C(N)O)cc3F)nc2)C1. The van der Waals surface area contributed by atoms with Gasteiger partial charge in [-0.3, -0.25) is 0 Å². The first kappa shape index (κ1) is 24.6. The first-order valence-corrected chi connectivity index (χ1v) is 10.4. The Morgan fingerprint density at radius 3 is 2.61 bits per heavy atom. The van der Waals surface area contributed by atoms with Crippen LogP contribution in [0.2, 0.25) is 0 Å². The lowest BCUT2D eigenvalue weighted by atomic mass is 10.0. The summed E-state index contributed by atoms with van der Waals surface area (Å²) in [4.78, 5) is 20.2. The molecule has 12 heteroatoms. The van der Waals surface area contributed by atoms with Crippen molar-refractivity contribution in [3.05, 3.63) is 47.5 Å². The first-order chi connectivity index (χ1) is 15.5. The van der Waals surface area contributed by atoms with Gasteiger partial charge in [-0.05, 0) is 55.4 Å². The summed E-state index contributed by atoms with van der Waals surface area (Å²) in [5, 5.41) is 14.2. The van der Waals surface area contributed by atoms with Gasteiger partial charge in [0, 0.05) is 18.4 Å². The number of hydrogen-bond acceptors (Lipinski definition) is 7. The second-order valence-electron chi connectivity index (χ2n) is 8.05. The molecule has 33 heavy (non-hydrogen) atoms. The number of carbonyl (C=O) groups is 1. The predicted molar refractivity (Wildman–Crippen MR) is 111 cm³/mol. The van der Waals surface area contributed by atoms with Gasteiger partial charge < -0.3 is 26.2 Å². The Morgan fingerprint density at radius 2 is 2.00 bits per heavy atom. The van der Waals surface area contributed by atoms with E-state index in [1.807, 2.05) is 0 Å². The summed E-state index contributed by atoms with van der Waals surface area (Å²) in [5.41, 5.74) is 6.47. The predicted octanol–water partition coefficient (Wildman–Crippen LogP) is 4.01. The van der Waals surface area contributed by atoms with Crippen LogP contribution in [0, 0.1) is 5.82 Å². The van der Waals surface area contributed by atoms with Gasteiger partial charge in [-0.2, -0.15) is 13.2 Å². The number of nitrogens with one attached hydrogen (secondary N) is 2. The quantitative estimate of drug-likeness (QED) is 0.355. The summed E-state index contributed by atoms with van der Waals surface area (Å²) in [7, 11) is 0. The highest BCUT2D eigenvalue weighted by atomic mass is 19.4. The molecule has 1 aromatic carbocycles. The zero-order valence-electron chi connectivity index (χ0n) is 17.8. The van der Waals surface area contributed by atoms with Gasteiger partial charge >= 0.3 is 12.3 Å². The molecule has 1 unspecified atom stereocenters. The molecular weight excluding hydrogens is 446 g/mol. The Kier molecular flexibility index (Phi) is 7.69. The second-order valence-corrected chi connectivity index (χ2v) is 8.05. The van der Waals surface area contributed by atoms with E-state index in [2.05, 4.69) is 20.6 Å². The third-order valence-corrected chi connectivity index (χ3v) is 5.28. The van der Waals surface area contributed by atoms with E-state index in [9.17, 15) is 27.5 Å². The molecule has 1 aliphatic rings. The van der Waals surface area contributed by atoms with Crippen LogP contribution < -0.4 is 16.4 Å². The summed E-state index contributed by atoms with van der Waals surface area (Å²) in [6, 6.07) is 2.92. The first-order valence-electron chi connectivity index (χ1n) is 10.4. The van der Waals surface area contributed by atoms with E-state index < -0.39 is 42.9 Å². The standard InChI is InChI=1S/C21H25F4N5O3/c1-11(8-21(23,24)25)29-20(32)33-15-4-2-12(6-15)14-9-27-19(28-10-14)30-17-5-3-13(18(26)31)7-16(17)22/h3,5,7,9-12,15,18,31H,2,4,6,8,26H2,1H3,(H,29,32)(H,27,28,30)/t11-,12-,15+,18?/m0/s1. The summed E-state index contributed by atoms with van der Waals surface area (Å²) < 4.78 is 56.5. The molecule has 0 spiro atoms. The van der Waals surface area contributed by atoms with Crippen LogP contribution in [0.1, 0.15) is 55.9 Å². The Hall–Kier alpha value is -2.99. The van der Waals surface area contributed by atoms with Crippen molar-refractivity contribution in [2.24, 2.45) is 5.73 Å². The number of nitrogens with zero attached hydrogens (tertiary/aromatic N) is 2. The summed E-state index contributed by atoms with van der Waals surface area (Å²) in [5.74, 6) is -0.433. The molecule has 0 aliphatic heterocycles. The molecule has 1 amide bonds. The molecule has 3 rings (SSSR count). The van der Waals surface area contributed by atoms with E-state index in [0.29, 0.717) is 19.3 Å². The fraction of sp³-hybridized carbons (Fsp3) is 0.476. The molecule has 5 N–H and O–H groups in total. The van der Waals surface area contributed by atoms with Crippen LogP contribution in [0.5, 0.6) is 0 Å². The maximum atomic E-state index is 14.1. The fourth-order valence-electron chi connectivity index (χ4n) is 3.69. The largest absolute Gasteiger partial charge is 0.446 e. The minimum absolute atomic E-state index is 0.0199. The molecule has 1 saturated carbocycles. The molecule has 1 aliphatic carbocycles. The lowest BCUT2D eigenvalue weighted by Crippen LogP contribution is -2.37.